The zero-order valence-corrected chi connectivity index (χ0v) is 11.5. The van der Waals surface area contributed by atoms with Crippen LogP contribution in [0.4, 0.5) is 11.4 Å². The number of rotatable bonds is 3. The third-order valence-corrected chi connectivity index (χ3v) is 3.37. The van der Waals surface area contributed by atoms with Gasteiger partial charge in [0, 0.05) is 44.4 Å². The average molecular weight is 278 g/mol. The van der Waals surface area contributed by atoms with E-state index in [-0.39, 0.29) is 17.6 Å². The van der Waals surface area contributed by atoms with Crippen LogP contribution in [-0.4, -0.2) is 43.6 Å². The van der Waals surface area contributed by atoms with Crippen LogP contribution in [0.2, 0.25) is 0 Å². The van der Waals surface area contributed by atoms with Crippen LogP contribution in [0.3, 0.4) is 0 Å². The molecular formula is C13H18N4O3. The Morgan fingerprint density at radius 3 is 2.90 bits per heavy atom. The molecule has 108 valence electrons. The summed E-state index contributed by atoms with van der Waals surface area (Å²) in [6, 6.07) is 4.72. The van der Waals surface area contributed by atoms with Gasteiger partial charge in [-0.15, -0.1) is 0 Å². The van der Waals surface area contributed by atoms with Crippen molar-refractivity contribution >= 4 is 17.3 Å². The molecule has 7 nitrogen and oxygen atoms in total. The quantitative estimate of drug-likeness (QED) is 0.629. The van der Waals surface area contributed by atoms with Gasteiger partial charge in [0.15, 0.2) is 0 Å². The van der Waals surface area contributed by atoms with Crippen LogP contribution in [0.15, 0.2) is 18.2 Å². The fourth-order valence-electron chi connectivity index (χ4n) is 2.37. The minimum Gasteiger partial charge on any atom is -0.363 e. The Morgan fingerprint density at radius 1 is 1.55 bits per heavy atom. The maximum atomic E-state index is 11.7. The van der Waals surface area contributed by atoms with E-state index in [1.54, 1.807) is 6.07 Å². The van der Waals surface area contributed by atoms with E-state index in [0.29, 0.717) is 24.3 Å². The van der Waals surface area contributed by atoms with E-state index in [9.17, 15) is 14.9 Å². The average Bonchev–Trinajstić information content (AvgIpc) is 2.45. The van der Waals surface area contributed by atoms with Crippen LogP contribution < -0.4 is 15.5 Å². The Bertz CT molecular complexity index is 532. The van der Waals surface area contributed by atoms with Gasteiger partial charge < -0.3 is 15.5 Å². The lowest BCUT2D eigenvalue weighted by Gasteiger charge is -2.33. The minimum absolute atomic E-state index is 0.0340. The molecule has 7 heteroatoms. The molecule has 1 aromatic rings. The number of carbonyl (C=O) groups excluding carboxylic acids is 1. The zero-order valence-electron chi connectivity index (χ0n) is 11.5. The number of nitrogens with one attached hydrogen (secondary N) is 2. The molecule has 0 bridgehead atoms. The maximum Gasteiger partial charge on any atom is 0.292 e. The van der Waals surface area contributed by atoms with Crippen molar-refractivity contribution in [2.24, 2.45) is 0 Å². The second kappa shape index (κ2) is 5.87. The molecule has 0 saturated carbocycles. The molecule has 1 aliphatic rings. The monoisotopic (exact) mass is 278 g/mol. The van der Waals surface area contributed by atoms with Crippen LogP contribution in [0.25, 0.3) is 0 Å². The summed E-state index contributed by atoms with van der Waals surface area (Å²) in [7, 11) is 1.54. The smallest absolute Gasteiger partial charge is 0.292 e. The van der Waals surface area contributed by atoms with Crippen molar-refractivity contribution in [3.8, 4) is 0 Å². The fraction of sp³-hybridized carbons (Fsp3) is 0.462. The number of amides is 1. The molecule has 2 rings (SSSR count). The Hall–Kier alpha value is -2.15. The van der Waals surface area contributed by atoms with Crippen molar-refractivity contribution in [2.45, 2.75) is 13.0 Å². The lowest BCUT2D eigenvalue weighted by molar-refractivity contribution is -0.384. The standard InChI is InChI=1S/C13H18N4O3/c1-9-8-16(6-5-15-9)12-7-10(13(18)14-2)3-4-11(12)17(19)20/h3-4,7,9,15H,5-6,8H2,1-2H3,(H,14,18). The largest absolute Gasteiger partial charge is 0.363 e. The molecule has 1 saturated heterocycles. The predicted molar refractivity (Wildman–Crippen MR) is 76.2 cm³/mol. The molecule has 1 amide bonds. The molecule has 1 unspecified atom stereocenters. The number of carbonyl (C=O) groups is 1. The highest BCUT2D eigenvalue weighted by Gasteiger charge is 2.24. The number of nitro groups is 1. The van der Waals surface area contributed by atoms with Crippen molar-refractivity contribution in [3.63, 3.8) is 0 Å². The van der Waals surface area contributed by atoms with Gasteiger partial charge in [-0.05, 0) is 19.1 Å². The van der Waals surface area contributed by atoms with E-state index in [4.69, 9.17) is 0 Å². The zero-order chi connectivity index (χ0) is 14.7. The first-order chi connectivity index (χ1) is 9.52. The summed E-state index contributed by atoms with van der Waals surface area (Å²) in [4.78, 5) is 24.4. The molecule has 20 heavy (non-hydrogen) atoms. The molecule has 0 radical (unpaired) electrons. The molecular weight excluding hydrogens is 260 g/mol. The van der Waals surface area contributed by atoms with Crippen LogP contribution >= 0.6 is 0 Å². The molecule has 1 aliphatic heterocycles. The van der Waals surface area contributed by atoms with Gasteiger partial charge in [-0.25, -0.2) is 0 Å². The number of nitro benzene ring substituents is 1. The second-order valence-electron chi connectivity index (χ2n) is 4.84. The van der Waals surface area contributed by atoms with Gasteiger partial charge in [0.2, 0.25) is 0 Å². The summed E-state index contributed by atoms with van der Waals surface area (Å²) in [6.45, 7) is 4.16. The molecule has 0 aliphatic carbocycles. The number of piperazine rings is 1. The van der Waals surface area contributed by atoms with Gasteiger partial charge in [0.05, 0.1) is 4.92 Å². The van der Waals surface area contributed by atoms with Gasteiger partial charge in [0.1, 0.15) is 5.69 Å². The Labute approximate surface area is 117 Å². The molecule has 0 aromatic heterocycles. The summed E-state index contributed by atoms with van der Waals surface area (Å²) < 4.78 is 0. The summed E-state index contributed by atoms with van der Waals surface area (Å²) in [5.74, 6) is -0.246. The molecule has 1 fully saturated rings. The van der Waals surface area contributed by atoms with Crippen LogP contribution in [0.5, 0.6) is 0 Å². The number of benzene rings is 1. The predicted octanol–water partition coefficient (Wildman–Crippen LogP) is 0.752. The van der Waals surface area contributed by atoms with Gasteiger partial charge in [-0.2, -0.15) is 0 Å². The van der Waals surface area contributed by atoms with Gasteiger partial charge >= 0.3 is 0 Å². The summed E-state index contributed by atoms with van der Waals surface area (Å²) in [6.07, 6.45) is 0. The second-order valence-corrected chi connectivity index (χ2v) is 4.84. The lowest BCUT2D eigenvalue weighted by Crippen LogP contribution is -2.49. The number of hydrogen-bond acceptors (Lipinski definition) is 5. The van der Waals surface area contributed by atoms with Crippen LogP contribution in [0, 0.1) is 10.1 Å². The summed E-state index contributed by atoms with van der Waals surface area (Å²) in [5, 5.41) is 17.0. The van der Waals surface area contributed by atoms with Crippen molar-refractivity contribution < 1.29 is 9.72 Å². The summed E-state index contributed by atoms with van der Waals surface area (Å²) >= 11 is 0. The molecule has 1 aromatic carbocycles. The third kappa shape index (κ3) is 2.88. The molecule has 1 heterocycles. The molecule has 2 N–H and O–H groups in total. The van der Waals surface area contributed by atoms with E-state index in [0.717, 1.165) is 6.54 Å². The van der Waals surface area contributed by atoms with E-state index < -0.39 is 4.92 Å². The normalized spacial score (nSPS) is 18.7. The SMILES string of the molecule is CNC(=O)c1ccc([N+](=O)[O-])c(N2CCNC(C)C2)c1. The Kier molecular flexibility index (Phi) is 4.19. The van der Waals surface area contributed by atoms with Gasteiger partial charge in [0.25, 0.3) is 11.6 Å². The summed E-state index contributed by atoms with van der Waals surface area (Å²) in [5.41, 5.74) is 0.968. The Morgan fingerprint density at radius 2 is 2.30 bits per heavy atom. The van der Waals surface area contributed by atoms with E-state index >= 15 is 0 Å². The Balaban J connectivity index is 2.41. The van der Waals surface area contributed by atoms with Gasteiger partial charge in [-0.3, -0.25) is 14.9 Å². The third-order valence-electron chi connectivity index (χ3n) is 3.37. The highest BCUT2D eigenvalue weighted by atomic mass is 16.6. The topological polar surface area (TPSA) is 87.5 Å². The number of nitrogens with zero attached hydrogens (tertiary/aromatic N) is 2. The van der Waals surface area contributed by atoms with Crippen molar-refractivity contribution in [3.05, 3.63) is 33.9 Å². The highest BCUT2D eigenvalue weighted by Crippen LogP contribution is 2.30. The maximum absolute atomic E-state index is 11.7. The van der Waals surface area contributed by atoms with Crippen LogP contribution in [-0.2, 0) is 0 Å². The van der Waals surface area contributed by atoms with Crippen molar-refractivity contribution in [1.29, 1.82) is 0 Å². The first kappa shape index (κ1) is 14.3. The van der Waals surface area contributed by atoms with E-state index in [2.05, 4.69) is 10.6 Å². The first-order valence-corrected chi connectivity index (χ1v) is 6.51. The highest BCUT2D eigenvalue weighted by molar-refractivity contribution is 5.95. The first-order valence-electron chi connectivity index (χ1n) is 6.51. The fourth-order valence-corrected chi connectivity index (χ4v) is 2.37. The van der Waals surface area contributed by atoms with Crippen molar-refractivity contribution in [1.82, 2.24) is 10.6 Å². The number of hydrogen-bond donors (Lipinski definition) is 2. The molecule has 1 atom stereocenters. The van der Waals surface area contributed by atoms with E-state index in [1.165, 1.54) is 19.2 Å². The van der Waals surface area contributed by atoms with Crippen molar-refractivity contribution in [2.75, 3.05) is 31.6 Å². The molecule has 0 spiro atoms. The number of anilines is 1. The van der Waals surface area contributed by atoms with Crippen LogP contribution in [0.1, 0.15) is 17.3 Å². The minimum atomic E-state index is -0.407. The van der Waals surface area contributed by atoms with E-state index in [1.807, 2.05) is 11.8 Å². The lowest BCUT2D eigenvalue weighted by atomic mass is 10.1. The van der Waals surface area contributed by atoms with Gasteiger partial charge in [-0.1, -0.05) is 0 Å².